The highest BCUT2D eigenvalue weighted by Gasteiger charge is 2.32. The van der Waals surface area contributed by atoms with Crippen molar-refractivity contribution < 1.29 is 13.6 Å². The van der Waals surface area contributed by atoms with E-state index in [1.807, 2.05) is 0 Å². The average molecular weight is 301 g/mol. The van der Waals surface area contributed by atoms with Gasteiger partial charge >= 0.3 is 0 Å². The zero-order chi connectivity index (χ0) is 14.3. The van der Waals surface area contributed by atoms with Crippen LogP contribution in [0.2, 0.25) is 5.02 Å². The van der Waals surface area contributed by atoms with Crippen LogP contribution in [0.5, 0.6) is 0 Å². The highest BCUT2D eigenvalue weighted by molar-refractivity contribution is 6.33. The van der Waals surface area contributed by atoms with Crippen LogP contribution < -0.4 is 5.32 Å². The summed E-state index contributed by atoms with van der Waals surface area (Å²) in [6, 6.07) is 2.48. The van der Waals surface area contributed by atoms with Crippen LogP contribution in [0.3, 0.4) is 0 Å². The predicted octanol–water partition coefficient (Wildman–Crippen LogP) is 2.58. The summed E-state index contributed by atoms with van der Waals surface area (Å²) in [4.78, 5) is 14.1. The minimum absolute atomic E-state index is 0.0309. The lowest BCUT2D eigenvalue weighted by molar-refractivity contribution is 0.0747. The van der Waals surface area contributed by atoms with Crippen molar-refractivity contribution in [3.8, 4) is 0 Å². The molecular weight excluding hydrogens is 286 g/mol. The smallest absolute Gasteiger partial charge is 0.255 e. The summed E-state index contributed by atoms with van der Waals surface area (Å²) in [7, 11) is 0. The van der Waals surface area contributed by atoms with Crippen molar-refractivity contribution in [2.75, 3.05) is 13.1 Å². The molecule has 3 nitrogen and oxygen atoms in total. The average Bonchev–Trinajstić information content (AvgIpc) is 2.73. The van der Waals surface area contributed by atoms with Crippen LogP contribution in [-0.4, -0.2) is 36.0 Å². The Hall–Kier alpha value is -1.20. The van der Waals surface area contributed by atoms with Gasteiger partial charge < -0.3 is 10.2 Å². The molecule has 2 saturated heterocycles. The molecular formula is C14H15ClF2N2O. The fourth-order valence-electron chi connectivity index (χ4n) is 2.98. The largest absolute Gasteiger partial charge is 0.337 e. The molecule has 1 N–H and O–H groups in total. The Bertz CT molecular complexity index is 552. The number of benzene rings is 1. The minimum Gasteiger partial charge on any atom is -0.337 e. The normalized spacial score (nSPS) is 25.6. The van der Waals surface area contributed by atoms with E-state index in [1.165, 1.54) is 0 Å². The monoisotopic (exact) mass is 300 g/mol. The molecule has 0 aromatic heterocycles. The van der Waals surface area contributed by atoms with Crippen LogP contribution in [0.15, 0.2) is 12.1 Å². The Labute approximate surface area is 120 Å². The van der Waals surface area contributed by atoms with Crippen LogP contribution in [0.1, 0.15) is 29.6 Å². The van der Waals surface area contributed by atoms with Gasteiger partial charge in [0.15, 0.2) is 11.6 Å². The van der Waals surface area contributed by atoms with Gasteiger partial charge in [-0.25, -0.2) is 8.78 Å². The molecule has 1 amide bonds. The molecule has 20 heavy (non-hydrogen) atoms. The molecule has 0 aliphatic carbocycles. The first-order chi connectivity index (χ1) is 9.54. The number of nitrogens with zero attached hydrogens (tertiary/aromatic N) is 1. The van der Waals surface area contributed by atoms with E-state index < -0.39 is 11.6 Å². The SMILES string of the molecule is O=C(c1cc(F)c(F)cc1Cl)N1CCC2CCC(C1)N2. The van der Waals surface area contributed by atoms with Crippen LogP contribution in [0, 0.1) is 11.6 Å². The van der Waals surface area contributed by atoms with E-state index >= 15 is 0 Å². The first-order valence-corrected chi connectivity index (χ1v) is 7.12. The number of amides is 1. The number of carbonyl (C=O) groups is 1. The summed E-state index contributed by atoms with van der Waals surface area (Å²) in [6.07, 6.45) is 3.06. The number of nitrogens with one attached hydrogen (secondary N) is 1. The lowest BCUT2D eigenvalue weighted by atomic mass is 10.1. The maximum atomic E-state index is 13.3. The summed E-state index contributed by atoms with van der Waals surface area (Å²) in [6.45, 7) is 1.20. The van der Waals surface area contributed by atoms with E-state index in [2.05, 4.69) is 5.32 Å². The minimum atomic E-state index is -1.05. The summed E-state index contributed by atoms with van der Waals surface area (Å²) in [5.74, 6) is -2.42. The second-order valence-corrected chi connectivity index (χ2v) is 5.83. The summed E-state index contributed by atoms with van der Waals surface area (Å²) in [5.41, 5.74) is 0.0309. The van der Waals surface area contributed by atoms with Crippen LogP contribution in [0.4, 0.5) is 8.78 Å². The molecule has 2 aliphatic heterocycles. The Morgan fingerprint density at radius 2 is 1.90 bits per heavy atom. The number of fused-ring (bicyclic) bond motifs is 2. The molecule has 1 aromatic rings. The van der Waals surface area contributed by atoms with E-state index in [0.717, 1.165) is 31.4 Å². The molecule has 2 unspecified atom stereocenters. The van der Waals surface area contributed by atoms with Gasteiger partial charge in [-0.05, 0) is 31.4 Å². The summed E-state index contributed by atoms with van der Waals surface area (Å²) >= 11 is 5.87. The molecule has 1 aromatic carbocycles. The van der Waals surface area contributed by atoms with Gasteiger partial charge in [0.05, 0.1) is 10.6 Å². The number of rotatable bonds is 1. The molecule has 0 saturated carbocycles. The van der Waals surface area contributed by atoms with Gasteiger partial charge in [-0.15, -0.1) is 0 Å². The Morgan fingerprint density at radius 3 is 2.70 bits per heavy atom. The van der Waals surface area contributed by atoms with Gasteiger partial charge in [-0.2, -0.15) is 0 Å². The molecule has 2 heterocycles. The number of hydrogen-bond acceptors (Lipinski definition) is 2. The first kappa shape index (κ1) is 13.8. The quantitative estimate of drug-likeness (QED) is 0.809. The van der Waals surface area contributed by atoms with Crippen molar-refractivity contribution >= 4 is 17.5 Å². The lowest BCUT2D eigenvalue weighted by Crippen LogP contribution is -2.39. The molecule has 2 atom stereocenters. The van der Waals surface area contributed by atoms with Crippen molar-refractivity contribution in [3.63, 3.8) is 0 Å². The second-order valence-electron chi connectivity index (χ2n) is 5.42. The topological polar surface area (TPSA) is 32.3 Å². The van der Waals surface area contributed by atoms with Crippen LogP contribution in [0.25, 0.3) is 0 Å². The molecule has 0 spiro atoms. The third-order valence-corrected chi connectivity index (χ3v) is 4.36. The van der Waals surface area contributed by atoms with Gasteiger partial charge in [0, 0.05) is 25.2 Å². The van der Waals surface area contributed by atoms with E-state index in [1.54, 1.807) is 4.90 Å². The highest BCUT2D eigenvalue weighted by Crippen LogP contribution is 2.25. The fraction of sp³-hybridized carbons (Fsp3) is 0.500. The van der Waals surface area contributed by atoms with Gasteiger partial charge in [-0.3, -0.25) is 4.79 Å². The number of likely N-dealkylation sites (tertiary alicyclic amines) is 1. The maximum absolute atomic E-state index is 13.3. The first-order valence-electron chi connectivity index (χ1n) is 6.74. The zero-order valence-electron chi connectivity index (χ0n) is 10.8. The van der Waals surface area contributed by atoms with Crippen molar-refractivity contribution in [2.24, 2.45) is 0 Å². The Morgan fingerprint density at radius 1 is 1.20 bits per heavy atom. The van der Waals surface area contributed by atoms with Crippen molar-refractivity contribution in [3.05, 3.63) is 34.4 Å². The van der Waals surface area contributed by atoms with Crippen molar-refractivity contribution in [2.45, 2.75) is 31.3 Å². The fourth-order valence-corrected chi connectivity index (χ4v) is 3.22. The van der Waals surface area contributed by atoms with Gasteiger partial charge in [0.1, 0.15) is 0 Å². The highest BCUT2D eigenvalue weighted by atomic mass is 35.5. The molecule has 0 radical (unpaired) electrons. The molecule has 3 rings (SSSR count). The number of hydrogen-bond donors (Lipinski definition) is 1. The van der Waals surface area contributed by atoms with E-state index in [-0.39, 0.29) is 22.5 Å². The van der Waals surface area contributed by atoms with Crippen molar-refractivity contribution in [1.29, 1.82) is 0 Å². The third-order valence-electron chi connectivity index (χ3n) is 4.05. The Balaban J connectivity index is 1.83. The third kappa shape index (κ3) is 2.52. The molecule has 108 valence electrons. The number of carbonyl (C=O) groups excluding carboxylic acids is 1. The van der Waals surface area contributed by atoms with Gasteiger partial charge in [0.2, 0.25) is 0 Å². The van der Waals surface area contributed by atoms with Crippen LogP contribution >= 0.6 is 11.6 Å². The summed E-state index contributed by atoms with van der Waals surface area (Å²) in [5, 5.41) is 3.42. The zero-order valence-corrected chi connectivity index (χ0v) is 11.6. The molecule has 2 bridgehead atoms. The van der Waals surface area contributed by atoms with Crippen LogP contribution in [-0.2, 0) is 0 Å². The number of halogens is 3. The molecule has 2 fully saturated rings. The second kappa shape index (κ2) is 5.30. The molecule has 6 heteroatoms. The maximum Gasteiger partial charge on any atom is 0.255 e. The van der Waals surface area contributed by atoms with Gasteiger partial charge in [-0.1, -0.05) is 11.6 Å². The lowest BCUT2D eigenvalue weighted by Gasteiger charge is -2.24. The van der Waals surface area contributed by atoms with E-state index in [0.29, 0.717) is 19.1 Å². The van der Waals surface area contributed by atoms with Crippen molar-refractivity contribution in [1.82, 2.24) is 10.2 Å². The molecule has 2 aliphatic rings. The predicted molar refractivity (Wildman–Crippen MR) is 71.8 cm³/mol. The van der Waals surface area contributed by atoms with E-state index in [9.17, 15) is 13.6 Å². The van der Waals surface area contributed by atoms with E-state index in [4.69, 9.17) is 11.6 Å². The van der Waals surface area contributed by atoms with Gasteiger partial charge in [0.25, 0.3) is 5.91 Å². The summed E-state index contributed by atoms with van der Waals surface area (Å²) < 4.78 is 26.4. The Kier molecular flexibility index (Phi) is 3.65. The standard InChI is InChI=1S/C14H15ClF2N2O/c15-11-6-13(17)12(16)5-10(11)14(20)19-4-3-8-1-2-9(7-19)18-8/h5-6,8-9,18H,1-4,7H2.